The van der Waals surface area contributed by atoms with Gasteiger partial charge in [-0.15, -0.1) is 0 Å². The Kier molecular flexibility index (Phi) is 1.77. The molecule has 5 nitrogen and oxygen atoms in total. The molecule has 0 atom stereocenters. The van der Waals surface area contributed by atoms with Crippen molar-refractivity contribution in [1.82, 2.24) is 15.4 Å². The summed E-state index contributed by atoms with van der Waals surface area (Å²) in [7, 11) is 0. The fraction of sp³-hybridized carbons (Fsp3) is 0.250. The quantitative estimate of drug-likeness (QED) is 0.655. The standard InChI is InChI=1S/C8H8N4O/c1-5-8(10-3-2-9-5)6-4-7(13)12-11-6/h2-3H,4H2,1H3,(H,12,13). The second-order valence-electron chi connectivity index (χ2n) is 2.76. The van der Waals surface area contributed by atoms with Crippen LogP contribution in [0.2, 0.25) is 0 Å². The summed E-state index contributed by atoms with van der Waals surface area (Å²) in [6.45, 7) is 1.84. The summed E-state index contributed by atoms with van der Waals surface area (Å²) in [5, 5.41) is 3.86. The van der Waals surface area contributed by atoms with Gasteiger partial charge in [0.25, 0.3) is 0 Å². The van der Waals surface area contributed by atoms with E-state index in [0.717, 1.165) is 5.69 Å². The first kappa shape index (κ1) is 7.85. The molecule has 5 heteroatoms. The fourth-order valence-corrected chi connectivity index (χ4v) is 1.19. The van der Waals surface area contributed by atoms with Crippen molar-refractivity contribution in [3.05, 3.63) is 23.8 Å². The summed E-state index contributed by atoms with van der Waals surface area (Å²) in [6, 6.07) is 0. The molecule has 1 N–H and O–H groups in total. The number of carbonyl (C=O) groups excluding carboxylic acids is 1. The van der Waals surface area contributed by atoms with Crippen molar-refractivity contribution >= 4 is 11.6 Å². The molecule has 0 bridgehead atoms. The maximum Gasteiger partial charge on any atom is 0.246 e. The Morgan fingerprint density at radius 3 is 2.77 bits per heavy atom. The van der Waals surface area contributed by atoms with E-state index < -0.39 is 0 Å². The summed E-state index contributed by atoms with van der Waals surface area (Å²) < 4.78 is 0. The van der Waals surface area contributed by atoms with Crippen molar-refractivity contribution in [3.63, 3.8) is 0 Å². The number of aryl methyl sites for hydroxylation is 1. The van der Waals surface area contributed by atoms with Crippen LogP contribution in [-0.4, -0.2) is 21.6 Å². The lowest BCUT2D eigenvalue weighted by molar-refractivity contribution is -0.119. The van der Waals surface area contributed by atoms with Crippen LogP contribution in [0, 0.1) is 6.92 Å². The lowest BCUT2D eigenvalue weighted by Gasteiger charge is -1.99. The van der Waals surface area contributed by atoms with Gasteiger partial charge in [0, 0.05) is 12.4 Å². The van der Waals surface area contributed by atoms with Crippen LogP contribution in [-0.2, 0) is 4.79 Å². The molecular weight excluding hydrogens is 168 g/mol. The van der Waals surface area contributed by atoms with Gasteiger partial charge in [0.2, 0.25) is 5.91 Å². The first-order valence-corrected chi connectivity index (χ1v) is 3.91. The Morgan fingerprint density at radius 2 is 2.15 bits per heavy atom. The smallest absolute Gasteiger partial charge is 0.246 e. The van der Waals surface area contributed by atoms with Crippen molar-refractivity contribution in [2.45, 2.75) is 13.3 Å². The lowest BCUT2D eigenvalue weighted by atomic mass is 10.1. The third kappa shape index (κ3) is 1.40. The minimum atomic E-state index is -0.0972. The third-order valence-corrected chi connectivity index (χ3v) is 1.80. The lowest BCUT2D eigenvalue weighted by Crippen LogP contribution is -2.10. The van der Waals surface area contributed by atoms with Crippen LogP contribution >= 0.6 is 0 Å². The molecule has 1 aliphatic rings. The van der Waals surface area contributed by atoms with Gasteiger partial charge in [-0.1, -0.05) is 0 Å². The summed E-state index contributed by atoms with van der Waals surface area (Å²) in [6.07, 6.45) is 3.50. The zero-order chi connectivity index (χ0) is 9.26. The van der Waals surface area contributed by atoms with Gasteiger partial charge < -0.3 is 0 Å². The molecular formula is C8H8N4O. The van der Waals surface area contributed by atoms with Crippen LogP contribution in [0.4, 0.5) is 0 Å². The van der Waals surface area contributed by atoms with Gasteiger partial charge in [0.1, 0.15) is 5.69 Å². The number of rotatable bonds is 1. The molecule has 2 heterocycles. The van der Waals surface area contributed by atoms with Gasteiger partial charge in [-0.2, -0.15) is 5.10 Å². The minimum Gasteiger partial charge on any atom is -0.273 e. The van der Waals surface area contributed by atoms with Gasteiger partial charge in [-0.3, -0.25) is 14.8 Å². The average molecular weight is 176 g/mol. The second kappa shape index (κ2) is 2.93. The Morgan fingerprint density at radius 1 is 1.38 bits per heavy atom. The van der Waals surface area contributed by atoms with Crippen LogP contribution in [0.5, 0.6) is 0 Å². The van der Waals surface area contributed by atoms with Crippen molar-refractivity contribution in [3.8, 4) is 0 Å². The molecule has 0 saturated carbocycles. The SMILES string of the molecule is Cc1nccnc1C1=NNC(=O)C1. The number of hydrazone groups is 1. The summed E-state index contributed by atoms with van der Waals surface area (Å²) >= 11 is 0. The summed E-state index contributed by atoms with van der Waals surface area (Å²) in [4.78, 5) is 19.0. The molecule has 0 aromatic carbocycles. The van der Waals surface area contributed by atoms with Crippen LogP contribution in [0.1, 0.15) is 17.8 Å². The molecule has 2 rings (SSSR count). The van der Waals surface area contributed by atoms with E-state index in [4.69, 9.17) is 0 Å². The van der Waals surface area contributed by atoms with Crippen LogP contribution in [0.25, 0.3) is 0 Å². The number of hydrogen-bond acceptors (Lipinski definition) is 4. The summed E-state index contributed by atoms with van der Waals surface area (Å²) in [5.41, 5.74) is 4.52. The van der Waals surface area contributed by atoms with Gasteiger partial charge >= 0.3 is 0 Å². The molecule has 0 spiro atoms. The third-order valence-electron chi connectivity index (χ3n) is 1.80. The highest BCUT2D eigenvalue weighted by atomic mass is 16.2. The number of hydrogen-bond donors (Lipinski definition) is 1. The zero-order valence-electron chi connectivity index (χ0n) is 7.11. The normalized spacial score (nSPS) is 15.5. The van der Waals surface area contributed by atoms with E-state index in [1.165, 1.54) is 0 Å². The molecule has 0 unspecified atom stereocenters. The molecule has 1 aromatic heterocycles. The maximum absolute atomic E-state index is 10.9. The Balaban J connectivity index is 2.37. The van der Waals surface area contributed by atoms with Gasteiger partial charge in [-0.25, -0.2) is 5.43 Å². The van der Waals surface area contributed by atoms with E-state index in [9.17, 15) is 4.79 Å². The molecule has 0 fully saturated rings. The van der Waals surface area contributed by atoms with E-state index in [0.29, 0.717) is 17.8 Å². The molecule has 1 aliphatic heterocycles. The average Bonchev–Trinajstić information content (AvgIpc) is 2.53. The number of nitrogens with zero attached hydrogens (tertiary/aromatic N) is 3. The number of carbonyl (C=O) groups is 1. The zero-order valence-corrected chi connectivity index (χ0v) is 7.11. The van der Waals surface area contributed by atoms with Crippen LogP contribution in [0.15, 0.2) is 17.5 Å². The highest BCUT2D eigenvalue weighted by molar-refractivity contribution is 6.13. The molecule has 13 heavy (non-hydrogen) atoms. The molecule has 0 aliphatic carbocycles. The largest absolute Gasteiger partial charge is 0.273 e. The monoisotopic (exact) mass is 176 g/mol. The molecule has 1 aromatic rings. The van der Waals surface area contributed by atoms with Crippen LogP contribution < -0.4 is 5.43 Å². The number of aromatic nitrogens is 2. The molecule has 1 amide bonds. The highest BCUT2D eigenvalue weighted by Gasteiger charge is 2.18. The predicted molar refractivity (Wildman–Crippen MR) is 46.1 cm³/mol. The molecule has 0 radical (unpaired) electrons. The van der Waals surface area contributed by atoms with Gasteiger partial charge in [0.05, 0.1) is 17.8 Å². The van der Waals surface area contributed by atoms with Crippen molar-refractivity contribution in [2.75, 3.05) is 0 Å². The molecule has 0 saturated heterocycles. The maximum atomic E-state index is 10.9. The van der Waals surface area contributed by atoms with E-state index in [1.807, 2.05) is 6.92 Å². The number of nitrogens with one attached hydrogen (secondary N) is 1. The van der Waals surface area contributed by atoms with E-state index >= 15 is 0 Å². The molecule has 66 valence electrons. The number of amides is 1. The van der Waals surface area contributed by atoms with Gasteiger partial charge in [0.15, 0.2) is 0 Å². The van der Waals surface area contributed by atoms with Crippen molar-refractivity contribution in [2.24, 2.45) is 5.10 Å². The Labute approximate surface area is 74.9 Å². The Bertz CT molecular complexity index is 385. The van der Waals surface area contributed by atoms with Crippen molar-refractivity contribution in [1.29, 1.82) is 0 Å². The first-order chi connectivity index (χ1) is 6.27. The van der Waals surface area contributed by atoms with E-state index in [-0.39, 0.29) is 5.91 Å². The Hall–Kier alpha value is -1.78. The fourth-order valence-electron chi connectivity index (χ4n) is 1.19. The first-order valence-electron chi connectivity index (χ1n) is 3.91. The predicted octanol–water partition coefficient (Wildman–Crippen LogP) is 0.00902. The van der Waals surface area contributed by atoms with Gasteiger partial charge in [-0.05, 0) is 6.92 Å². The highest BCUT2D eigenvalue weighted by Crippen LogP contribution is 2.07. The van der Waals surface area contributed by atoms with Crippen molar-refractivity contribution < 1.29 is 4.79 Å². The second-order valence-corrected chi connectivity index (χ2v) is 2.76. The van der Waals surface area contributed by atoms with E-state index in [1.54, 1.807) is 12.4 Å². The van der Waals surface area contributed by atoms with Crippen LogP contribution in [0.3, 0.4) is 0 Å². The van der Waals surface area contributed by atoms with E-state index in [2.05, 4.69) is 20.5 Å². The topological polar surface area (TPSA) is 67.2 Å². The summed E-state index contributed by atoms with van der Waals surface area (Å²) in [5.74, 6) is -0.0972. The minimum absolute atomic E-state index is 0.0972.